The number of nitrogens with zero attached hydrogens (tertiary/aromatic N) is 5. The lowest BCUT2D eigenvalue weighted by Crippen LogP contribution is -2.47. The number of hydrazone groups is 1. The molecule has 0 amide bonds. The molecule has 3 atom stereocenters. The van der Waals surface area contributed by atoms with Crippen molar-refractivity contribution < 1.29 is 4.55 Å². The molecular formula is C23H30ClN5OS. The van der Waals surface area contributed by atoms with Crippen molar-refractivity contribution >= 4 is 34.3 Å². The van der Waals surface area contributed by atoms with Gasteiger partial charge in [0, 0.05) is 24.1 Å². The topological polar surface area (TPSA) is 57.5 Å². The number of aliphatic imine (C=N–C) groups is 1. The van der Waals surface area contributed by atoms with E-state index in [1.807, 2.05) is 29.3 Å². The summed E-state index contributed by atoms with van der Waals surface area (Å²) < 4.78 is 13.6. The normalized spacial score (nSPS) is 28.2. The summed E-state index contributed by atoms with van der Waals surface area (Å²) in [5, 5.41) is 7.49. The quantitative estimate of drug-likeness (QED) is 0.483. The van der Waals surface area contributed by atoms with Crippen LogP contribution in [0.1, 0.15) is 38.2 Å². The van der Waals surface area contributed by atoms with Crippen molar-refractivity contribution in [3.05, 3.63) is 46.5 Å². The second kappa shape index (κ2) is 9.14. The molecule has 0 saturated carbocycles. The van der Waals surface area contributed by atoms with Crippen molar-refractivity contribution in [2.75, 3.05) is 39.4 Å². The Morgan fingerprint density at radius 1 is 1.23 bits per heavy atom. The Kier molecular flexibility index (Phi) is 6.28. The van der Waals surface area contributed by atoms with Crippen LogP contribution in [0.5, 0.6) is 0 Å². The second-order valence-electron chi connectivity index (χ2n) is 8.65. The number of rotatable bonds is 6. The van der Waals surface area contributed by atoms with Crippen molar-refractivity contribution in [3.63, 3.8) is 0 Å². The lowest BCUT2D eigenvalue weighted by molar-refractivity contribution is 0.242. The molecular weight excluding hydrogens is 430 g/mol. The van der Waals surface area contributed by atoms with Crippen LogP contribution in [0.25, 0.3) is 0 Å². The van der Waals surface area contributed by atoms with Gasteiger partial charge in [0.05, 0.1) is 11.6 Å². The maximum Gasteiger partial charge on any atom is 0.215 e. The molecule has 1 fully saturated rings. The summed E-state index contributed by atoms with van der Waals surface area (Å²) in [6, 6.07) is 7.77. The molecule has 1 aromatic rings. The molecule has 3 unspecified atom stereocenters. The molecule has 166 valence electrons. The summed E-state index contributed by atoms with van der Waals surface area (Å²) >= 11 is 5.51. The number of amidine groups is 1. The van der Waals surface area contributed by atoms with E-state index in [1.165, 1.54) is 25.9 Å². The molecule has 4 heterocycles. The standard InChI is InChI=1S/C23H30ClN5OS/c1-2-28-16-29-22(26-28)21(19-9-3-4-10-20(19)24)25-15-17-14-18(31(30)23(17)29)8-7-13-27-11-5-6-12-27/h3-4,9-10,14,18,23H,2,5-8,11-13,15-16H2,1H3. The molecule has 0 spiro atoms. The highest BCUT2D eigenvalue weighted by atomic mass is 35.5. The fraction of sp³-hybridized carbons (Fsp3) is 0.565. The SMILES string of the molecule is CCN1CN2C(=N1)C(c1ccccc1Cl)=NCC1=CC(CCCN3CCCC3)[S+]([O-])C12. The zero-order valence-corrected chi connectivity index (χ0v) is 19.6. The molecule has 0 aliphatic carbocycles. The maximum absolute atomic E-state index is 13.6. The van der Waals surface area contributed by atoms with Crippen molar-refractivity contribution in [1.29, 1.82) is 0 Å². The maximum atomic E-state index is 13.6. The van der Waals surface area contributed by atoms with E-state index in [2.05, 4.69) is 22.8 Å². The first-order valence-electron chi connectivity index (χ1n) is 11.4. The van der Waals surface area contributed by atoms with E-state index in [0.29, 0.717) is 18.2 Å². The monoisotopic (exact) mass is 459 g/mol. The van der Waals surface area contributed by atoms with E-state index in [1.54, 1.807) is 0 Å². The third-order valence-electron chi connectivity index (χ3n) is 6.63. The van der Waals surface area contributed by atoms with Crippen LogP contribution >= 0.6 is 11.6 Å². The first-order valence-corrected chi connectivity index (χ1v) is 13.0. The number of benzene rings is 1. The van der Waals surface area contributed by atoms with Crippen LogP contribution in [0.15, 0.2) is 46.0 Å². The summed E-state index contributed by atoms with van der Waals surface area (Å²) in [7, 11) is 0. The largest absolute Gasteiger partial charge is 0.614 e. The highest BCUT2D eigenvalue weighted by molar-refractivity contribution is 7.93. The van der Waals surface area contributed by atoms with Gasteiger partial charge in [0.2, 0.25) is 5.37 Å². The van der Waals surface area contributed by atoms with Gasteiger partial charge in [-0.05, 0) is 69.1 Å². The Hall–Kier alpha value is -1.54. The molecule has 1 saturated heterocycles. The Morgan fingerprint density at radius 3 is 2.81 bits per heavy atom. The zero-order valence-electron chi connectivity index (χ0n) is 18.0. The number of likely N-dealkylation sites (tertiary alicyclic amines) is 1. The van der Waals surface area contributed by atoms with E-state index in [0.717, 1.165) is 48.6 Å². The van der Waals surface area contributed by atoms with Gasteiger partial charge in [0.15, 0.2) is 5.84 Å². The van der Waals surface area contributed by atoms with Crippen molar-refractivity contribution in [3.8, 4) is 0 Å². The summed E-state index contributed by atoms with van der Waals surface area (Å²) in [5.74, 6) is 0.800. The van der Waals surface area contributed by atoms with Crippen LogP contribution in [0.2, 0.25) is 5.02 Å². The van der Waals surface area contributed by atoms with Gasteiger partial charge in [-0.2, -0.15) is 5.10 Å². The van der Waals surface area contributed by atoms with Crippen molar-refractivity contribution in [2.45, 2.75) is 43.2 Å². The van der Waals surface area contributed by atoms with Gasteiger partial charge in [-0.25, -0.2) is 0 Å². The van der Waals surface area contributed by atoms with Gasteiger partial charge in [0.25, 0.3) is 0 Å². The Morgan fingerprint density at radius 2 is 2.03 bits per heavy atom. The fourth-order valence-electron chi connectivity index (χ4n) is 4.99. The van der Waals surface area contributed by atoms with Crippen LogP contribution in [0.4, 0.5) is 0 Å². The number of fused-ring (bicyclic) bond motifs is 3. The predicted molar refractivity (Wildman–Crippen MR) is 128 cm³/mol. The van der Waals surface area contributed by atoms with Gasteiger partial charge in [-0.15, -0.1) is 0 Å². The third kappa shape index (κ3) is 4.13. The lowest BCUT2D eigenvalue weighted by atomic mass is 10.1. The van der Waals surface area contributed by atoms with Crippen molar-refractivity contribution in [1.82, 2.24) is 14.8 Å². The smallest absolute Gasteiger partial charge is 0.215 e. The number of halogens is 1. The number of hydrogen-bond donors (Lipinski definition) is 0. The molecule has 4 aliphatic heterocycles. The van der Waals surface area contributed by atoms with Gasteiger partial charge in [0.1, 0.15) is 17.6 Å². The highest BCUT2D eigenvalue weighted by Crippen LogP contribution is 2.37. The minimum absolute atomic E-state index is 0.108. The van der Waals surface area contributed by atoms with E-state index in [9.17, 15) is 4.55 Å². The van der Waals surface area contributed by atoms with Gasteiger partial charge >= 0.3 is 0 Å². The zero-order chi connectivity index (χ0) is 21.4. The van der Waals surface area contributed by atoms with Gasteiger partial charge < -0.3 is 9.45 Å². The van der Waals surface area contributed by atoms with E-state index in [-0.39, 0.29) is 10.6 Å². The summed E-state index contributed by atoms with van der Waals surface area (Å²) in [6.07, 6.45) is 6.96. The number of hydrogen-bond acceptors (Lipinski definition) is 6. The minimum Gasteiger partial charge on any atom is -0.614 e. The average Bonchev–Trinajstić information content (AvgIpc) is 3.48. The third-order valence-corrected chi connectivity index (χ3v) is 8.93. The highest BCUT2D eigenvalue weighted by Gasteiger charge is 2.48. The summed E-state index contributed by atoms with van der Waals surface area (Å²) in [4.78, 5) is 9.67. The van der Waals surface area contributed by atoms with Crippen LogP contribution in [0, 0.1) is 0 Å². The minimum atomic E-state index is -0.994. The Labute approximate surface area is 192 Å². The summed E-state index contributed by atoms with van der Waals surface area (Å²) in [5.41, 5.74) is 2.86. The Bertz CT molecular complexity index is 913. The molecule has 1 aromatic carbocycles. The van der Waals surface area contributed by atoms with E-state index >= 15 is 0 Å². The molecule has 31 heavy (non-hydrogen) atoms. The van der Waals surface area contributed by atoms with Gasteiger partial charge in [-0.1, -0.05) is 29.8 Å². The first-order chi connectivity index (χ1) is 15.2. The summed E-state index contributed by atoms with van der Waals surface area (Å²) in [6.45, 7) is 7.65. The van der Waals surface area contributed by atoms with Gasteiger partial charge in [-0.3, -0.25) is 14.9 Å². The van der Waals surface area contributed by atoms with Crippen LogP contribution < -0.4 is 0 Å². The molecule has 0 radical (unpaired) electrons. The lowest BCUT2D eigenvalue weighted by Gasteiger charge is -2.30. The molecule has 0 bridgehead atoms. The van der Waals surface area contributed by atoms with Crippen molar-refractivity contribution in [2.24, 2.45) is 10.1 Å². The molecule has 8 heteroatoms. The van der Waals surface area contributed by atoms with Crippen LogP contribution in [-0.2, 0) is 11.2 Å². The molecule has 0 N–H and O–H groups in total. The van der Waals surface area contributed by atoms with Crippen LogP contribution in [0.3, 0.4) is 0 Å². The first kappa shape index (κ1) is 21.3. The Balaban J connectivity index is 1.39. The molecule has 4 aliphatic rings. The average molecular weight is 460 g/mol. The molecule has 5 rings (SSSR count). The molecule has 0 aromatic heterocycles. The van der Waals surface area contributed by atoms with Crippen LogP contribution in [-0.4, -0.2) is 80.9 Å². The van der Waals surface area contributed by atoms with E-state index < -0.39 is 11.2 Å². The second-order valence-corrected chi connectivity index (χ2v) is 10.8. The van der Waals surface area contributed by atoms with E-state index in [4.69, 9.17) is 21.7 Å². The molecule has 6 nitrogen and oxygen atoms in total. The predicted octanol–water partition coefficient (Wildman–Crippen LogP) is 3.31. The fourth-order valence-corrected chi connectivity index (χ4v) is 7.12.